The van der Waals surface area contributed by atoms with Crippen LogP contribution < -0.4 is 11.2 Å². The van der Waals surface area contributed by atoms with Crippen molar-refractivity contribution in [2.24, 2.45) is 0 Å². The Labute approximate surface area is 292 Å². The molecular formula is C37H38N4O10. The number of benzene rings is 3. The van der Waals surface area contributed by atoms with E-state index in [2.05, 4.69) is 9.88 Å². The molecule has 3 heterocycles. The van der Waals surface area contributed by atoms with Gasteiger partial charge in [-0.25, -0.2) is 19.2 Å². The minimum absolute atomic E-state index is 0.0517. The first kappa shape index (κ1) is 35.4. The summed E-state index contributed by atoms with van der Waals surface area (Å²) in [6, 6.07) is 24.5. The van der Waals surface area contributed by atoms with Crippen molar-refractivity contribution in [3.8, 4) is 0 Å². The number of aliphatic hydroxyl groups is 1. The van der Waals surface area contributed by atoms with Gasteiger partial charge in [-0.2, -0.15) is 0 Å². The molecule has 0 aliphatic carbocycles. The zero-order valence-corrected chi connectivity index (χ0v) is 27.7. The summed E-state index contributed by atoms with van der Waals surface area (Å²) in [5.41, 5.74) is -0.521. The third-order valence-electron chi connectivity index (χ3n) is 8.77. The smallest absolute Gasteiger partial charge is 0.338 e. The van der Waals surface area contributed by atoms with Gasteiger partial charge in [0, 0.05) is 51.0 Å². The molecule has 0 radical (unpaired) electrons. The average molecular weight is 699 g/mol. The quantitative estimate of drug-likeness (QED) is 0.163. The number of carbonyl (C=O) groups excluding carboxylic acids is 3. The van der Waals surface area contributed by atoms with Gasteiger partial charge < -0.3 is 24.1 Å². The Bertz CT molecular complexity index is 1910. The van der Waals surface area contributed by atoms with Gasteiger partial charge in [0.25, 0.3) is 5.56 Å². The third-order valence-corrected chi connectivity index (χ3v) is 8.77. The summed E-state index contributed by atoms with van der Waals surface area (Å²) < 4.78 is 24.9. The number of aliphatic hydroxyl groups excluding tert-OH is 1. The summed E-state index contributed by atoms with van der Waals surface area (Å²) in [5, 5.41) is 9.29. The lowest BCUT2D eigenvalue weighted by Crippen LogP contribution is -2.47. The molecule has 14 heteroatoms. The molecule has 0 unspecified atom stereocenters. The van der Waals surface area contributed by atoms with E-state index >= 15 is 0 Å². The van der Waals surface area contributed by atoms with Gasteiger partial charge in [0.15, 0.2) is 18.4 Å². The van der Waals surface area contributed by atoms with E-state index < -0.39 is 60.3 Å². The zero-order chi connectivity index (χ0) is 35.7. The number of aromatic amines is 1. The Hall–Kier alpha value is -5.41. The summed E-state index contributed by atoms with van der Waals surface area (Å²) in [6.07, 6.45) is -4.05. The molecule has 2 aliphatic heterocycles. The van der Waals surface area contributed by atoms with E-state index in [1.807, 2.05) is 4.90 Å². The maximum Gasteiger partial charge on any atom is 0.338 e. The highest BCUT2D eigenvalue weighted by molar-refractivity contribution is 5.91. The maximum absolute atomic E-state index is 13.5. The Balaban J connectivity index is 1.34. The SMILES string of the molecule is O=C(OC[C@H]1O[C@H](n2cc(CN3CCN(CCO)CC3)c(=O)[nH]c2=O)[C@@H](OC(=O)c2ccccc2)[C@@H]1OC(=O)c1ccccc1)c1ccccc1. The van der Waals surface area contributed by atoms with Gasteiger partial charge in [-0.1, -0.05) is 54.6 Å². The number of piperazine rings is 1. The second-order valence-electron chi connectivity index (χ2n) is 12.2. The third kappa shape index (κ3) is 8.67. The van der Waals surface area contributed by atoms with E-state index in [9.17, 15) is 29.1 Å². The van der Waals surface area contributed by atoms with Crippen LogP contribution in [0.4, 0.5) is 0 Å². The second-order valence-corrected chi connectivity index (χ2v) is 12.2. The van der Waals surface area contributed by atoms with Crippen LogP contribution in [0.2, 0.25) is 0 Å². The van der Waals surface area contributed by atoms with Crippen LogP contribution >= 0.6 is 0 Å². The normalized spacial score (nSPS) is 20.8. The van der Waals surface area contributed by atoms with Crippen LogP contribution in [-0.4, -0.2) is 107 Å². The van der Waals surface area contributed by atoms with Gasteiger partial charge in [0.1, 0.15) is 12.7 Å². The van der Waals surface area contributed by atoms with Crippen LogP contribution in [0.5, 0.6) is 0 Å². The minimum atomic E-state index is -1.43. The molecule has 2 aliphatic rings. The number of hydrogen-bond acceptors (Lipinski definition) is 12. The van der Waals surface area contributed by atoms with E-state index in [0.29, 0.717) is 32.7 Å². The predicted molar refractivity (Wildman–Crippen MR) is 182 cm³/mol. The first-order valence-electron chi connectivity index (χ1n) is 16.6. The fraction of sp³-hybridized carbons (Fsp3) is 0.324. The number of β-amino-alcohol motifs (C(OH)–C–C–N with tert-alkyl or cyclic N) is 1. The van der Waals surface area contributed by atoms with E-state index in [-0.39, 0.29) is 35.4 Å². The minimum Gasteiger partial charge on any atom is -0.459 e. The van der Waals surface area contributed by atoms with E-state index in [0.717, 1.165) is 4.57 Å². The number of aromatic nitrogens is 2. The number of rotatable bonds is 12. The zero-order valence-electron chi connectivity index (χ0n) is 27.7. The highest BCUT2D eigenvalue weighted by Crippen LogP contribution is 2.35. The van der Waals surface area contributed by atoms with Crippen LogP contribution in [-0.2, 0) is 25.5 Å². The molecular weight excluding hydrogens is 660 g/mol. The molecule has 2 N–H and O–H groups in total. The van der Waals surface area contributed by atoms with Gasteiger partial charge in [0.05, 0.1) is 23.3 Å². The van der Waals surface area contributed by atoms with Crippen molar-refractivity contribution in [1.29, 1.82) is 0 Å². The second kappa shape index (κ2) is 16.5. The fourth-order valence-electron chi connectivity index (χ4n) is 6.06. The molecule has 4 aromatic rings. The number of esters is 3. The van der Waals surface area contributed by atoms with E-state index in [4.69, 9.17) is 18.9 Å². The topological polar surface area (TPSA) is 170 Å². The molecule has 51 heavy (non-hydrogen) atoms. The molecule has 6 rings (SSSR count). The Kier molecular flexibility index (Phi) is 11.5. The van der Waals surface area contributed by atoms with Gasteiger partial charge in [-0.15, -0.1) is 0 Å². The Morgan fingerprint density at radius 1 is 0.725 bits per heavy atom. The number of nitrogens with zero attached hydrogens (tertiary/aromatic N) is 3. The van der Waals surface area contributed by atoms with Crippen LogP contribution in [0.1, 0.15) is 42.9 Å². The lowest BCUT2D eigenvalue weighted by molar-refractivity contribution is -0.0641. The van der Waals surface area contributed by atoms with Crippen molar-refractivity contribution < 1.29 is 38.4 Å². The average Bonchev–Trinajstić information content (AvgIpc) is 3.49. The van der Waals surface area contributed by atoms with Crippen molar-refractivity contribution in [2.45, 2.75) is 31.1 Å². The lowest BCUT2D eigenvalue weighted by atomic mass is 10.1. The summed E-state index contributed by atoms with van der Waals surface area (Å²) in [6.45, 7) is 3.02. The van der Waals surface area contributed by atoms with Gasteiger partial charge in [0.2, 0.25) is 0 Å². The predicted octanol–water partition coefficient (Wildman–Crippen LogP) is 1.85. The van der Waals surface area contributed by atoms with Crippen molar-refractivity contribution in [2.75, 3.05) is 45.9 Å². The first-order valence-corrected chi connectivity index (χ1v) is 16.6. The monoisotopic (exact) mass is 698 g/mol. The number of H-pyrrole nitrogens is 1. The summed E-state index contributed by atoms with van der Waals surface area (Å²) in [4.78, 5) is 72.9. The van der Waals surface area contributed by atoms with E-state index in [1.165, 1.54) is 6.20 Å². The van der Waals surface area contributed by atoms with Crippen molar-refractivity contribution in [3.05, 3.63) is 140 Å². The number of carbonyl (C=O) groups is 3. The molecule has 0 saturated carbocycles. The van der Waals surface area contributed by atoms with Gasteiger partial charge in [-0.05, 0) is 36.4 Å². The van der Waals surface area contributed by atoms with Crippen LogP contribution in [0.15, 0.2) is 107 Å². The van der Waals surface area contributed by atoms with Crippen molar-refractivity contribution >= 4 is 17.9 Å². The van der Waals surface area contributed by atoms with Crippen molar-refractivity contribution in [1.82, 2.24) is 19.4 Å². The molecule has 0 amide bonds. The standard InChI is InChI=1S/C37H38N4O10/c42-21-20-39-16-18-40(19-17-39)22-28-23-41(37(47)38-32(28)43)33-31(51-36(46)27-14-8-3-9-15-27)30(50-35(45)26-12-6-2-7-13-26)29(49-33)24-48-34(44)25-10-4-1-5-11-25/h1-15,23,29-31,33,42H,16-22,24H2,(H,38,43,47)/t29-,30-,31+,33+/m1/s1. The fourth-order valence-corrected chi connectivity index (χ4v) is 6.06. The summed E-state index contributed by atoms with van der Waals surface area (Å²) in [7, 11) is 0. The van der Waals surface area contributed by atoms with Gasteiger partial charge in [-0.3, -0.25) is 24.1 Å². The van der Waals surface area contributed by atoms with Crippen LogP contribution in [0.25, 0.3) is 0 Å². The molecule has 2 saturated heterocycles. The summed E-state index contributed by atoms with van der Waals surface area (Å²) >= 11 is 0. The lowest BCUT2D eigenvalue weighted by Gasteiger charge is -2.34. The largest absolute Gasteiger partial charge is 0.459 e. The molecule has 2 fully saturated rings. The number of hydrogen-bond donors (Lipinski definition) is 2. The first-order chi connectivity index (χ1) is 24.8. The molecule has 0 spiro atoms. The molecule has 0 bridgehead atoms. The van der Waals surface area contributed by atoms with Crippen LogP contribution in [0, 0.1) is 0 Å². The van der Waals surface area contributed by atoms with Crippen LogP contribution in [0.3, 0.4) is 0 Å². The Morgan fingerprint density at radius 2 is 1.24 bits per heavy atom. The highest BCUT2D eigenvalue weighted by Gasteiger charge is 2.52. The molecule has 3 aromatic carbocycles. The molecule has 1 aromatic heterocycles. The number of nitrogens with one attached hydrogen (secondary N) is 1. The Morgan fingerprint density at radius 3 is 1.78 bits per heavy atom. The van der Waals surface area contributed by atoms with Gasteiger partial charge >= 0.3 is 23.6 Å². The number of ether oxygens (including phenoxy) is 4. The molecule has 4 atom stereocenters. The van der Waals surface area contributed by atoms with Crippen molar-refractivity contribution in [3.63, 3.8) is 0 Å². The highest BCUT2D eigenvalue weighted by atomic mass is 16.7. The molecule has 266 valence electrons. The molecule has 14 nitrogen and oxygen atoms in total. The maximum atomic E-state index is 13.5. The summed E-state index contributed by atoms with van der Waals surface area (Å²) in [5.74, 6) is -2.22. The van der Waals surface area contributed by atoms with E-state index in [1.54, 1.807) is 91.0 Å².